The summed E-state index contributed by atoms with van der Waals surface area (Å²) < 4.78 is 11.3. The van der Waals surface area contributed by atoms with E-state index in [0.29, 0.717) is 17.9 Å². The Balaban J connectivity index is 1.29. The van der Waals surface area contributed by atoms with Crippen molar-refractivity contribution in [1.82, 2.24) is 15.1 Å². The molecule has 7 nitrogen and oxygen atoms in total. The second-order valence-corrected chi connectivity index (χ2v) is 6.71. The minimum Gasteiger partial charge on any atom is -0.423 e. The molecule has 0 unspecified atom stereocenters. The third kappa shape index (κ3) is 3.01. The highest BCUT2D eigenvalue weighted by atomic mass is 16.5. The van der Waals surface area contributed by atoms with Gasteiger partial charge in [0.2, 0.25) is 0 Å². The van der Waals surface area contributed by atoms with Gasteiger partial charge in [-0.3, -0.25) is 0 Å². The van der Waals surface area contributed by atoms with Crippen LogP contribution < -0.4 is 9.80 Å². The molecular weight excluding hydrogens is 342 g/mol. The highest BCUT2D eigenvalue weighted by molar-refractivity contribution is 5.75. The summed E-state index contributed by atoms with van der Waals surface area (Å²) in [6, 6.07) is 16.5. The van der Waals surface area contributed by atoms with E-state index < -0.39 is 0 Å². The molecule has 5 rings (SSSR count). The molecule has 1 fully saturated rings. The number of aryl methyl sites for hydroxylation is 1. The molecule has 0 amide bonds. The van der Waals surface area contributed by atoms with Crippen molar-refractivity contribution in [3.8, 4) is 11.5 Å². The molecule has 7 heteroatoms. The summed E-state index contributed by atoms with van der Waals surface area (Å²) in [7, 11) is 0. The van der Waals surface area contributed by atoms with Crippen molar-refractivity contribution in [2.24, 2.45) is 0 Å². The lowest BCUT2D eigenvalue weighted by Gasteiger charge is -2.32. The number of piperazine rings is 1. The quantitative estimate of drug-likeness (QED) is 0.553. The molecule has 3 heterocycles. The van der Waals surface area contributed by atoms with E-state index in [4.69, 9.17) is 8.94 Å². The number of hydrogen-bond donors (Lipinski definition) is 0. The fraction of sp³-hybridized carbons (Fsp3) is 0.250. The van der Waals surface area contributed by atoms with Crippen molar-refractivity contribution in [3.05, 3.63) is 54.1 Å². The van der Waals surface area contributed by atoms with Gasteiger partial charge in [0.05, 0.1) is 0 Å². The summed E-state index contributed by atoms with van der Waals surface area (Å²) in [6.45, 7) is 5.21. The minimum absolute atomic E-state index is 0.544. The average molecular weight is 361 g/mol. The molecule has 0 spiro atoms. The second-order valence-electron chi connectivity index (χ2n) is 6.71. The molecule has 4 aromatic rings. The van der Waals surface area contributed by atoms with Crippen LogP contribution in [0.3, 0.4) is 0 Å². The van der Waals surface area contributed by atoms with Crippen LogP contribution in [0.15, 0.2) is 57.5 Å². The first-order valence-corrected chi connectivity index (χ1v) is 9.02. The van der Waals surface area contributed by atoms with Crippen molar-refractivity contribution in [1.29, 1.82) is 0 Å². The number of fused-ring (bicyclic) bond motifs is 1. The van der Waals surface area contributed by atoms with E-state index in [2.05, 4.69) is 31.8 Å². The van der Waals surface area contributed by atoms with Gasteiger partial charge in [0.25, 0.3) is 17.9 Å². The molecule has 0 bridgehead atoms. The monoisotopic (exact) mass is 361 g/mol. The SMILES string of the molecule is Cc1ccc2oc(N3CCN(c4noc(-c5ccccc5)n4)CC3)nc2c1. The number of benzene rings is 2. The lowest BCUT2D eigenvalue weighted by molar-refractivity contribution is 0.427. The van der Waals surface area contributed by atoms with Gasteiger partial charge < -0.3 is 18.7 Å². The highest BCUT2D eigenvalue weighted by Gasteiger charge is 2.24. The Hall–Kier alpha value is -3.35. The van der Waals surface area contributed by atoms with E-state index >= 15 is 0 Å². The number of aromatic nitrogens is 3. The first kappa shape index (κ1) is 15.9. The third-order valence-electron chi connectivity index (χ3n) is 4.80. The lowest BCUT2D eigenvalue weighted by Crippen LogP contribution is -2.47. The molecular formula is C20H19N5O2. The second kappa shape index (κ2) is 6.42. The molecule has 0 atom stereocenters. The van der Waals surface area contributed by atoms with Crippen LogP contribution >= 0.6 is 0 Å². The van der Waals surface area contributed by atoms with E-state index in [-0.39, 0.29) is 0 Å². The Labute approximate surface area is 156 Å². The van der Waals surface area contributed by atoms with Gasteiger partial charge in [-0.25, -0.2) is 0 Å². The van der Waals surface area contributed by atoms with Gasteiger partial charge in [-0.2, -0.15) is 9.97 Å². The van der Waals surface area contributed by atoms with Crippen molar-refractivity contribution >= 4 is 23.1 Å². The summed E-state index contributed by atoms with van der Waals surface area (Å²) in [5, 5.41) is 4.14. The molecule has 27 heavy (non-hydrogen) atoms. The molecule has 1 aliphatic heterocycles. The molecule has 0 saturated carbocycles. The Morgan fingerprint density at radius 2 is 1.67 bits per heavy atom. The molecule has 2 aromatic heterocycles. The molecule has 0 aliphatic carbocycles. The summed E-state index contributed by atoms with van der Waals surface area (Å²) >= 11 is 0. The van der Waals surface area contributed by atoms with Crippen molar-refractivity contribution in [2.75, 3.05) is 36.0 Å². The predicted octanol–water partition coefficient (Wildman–Crippen LogP) is 3.51. The van der Waals surface area contributed by atoms with E-state index in [1.165, 1.54) is 5.56 Å². The van der Waals surface area contributed by atoms with E-state index in [9.17, 15) is 0 Å². The third-order valence-corrected chi connectivity index (χ3v) is 4.80. The topological polar surface area (TPSA) is 71.4 Å². The van der Waals surface area contributed by atoms with Gasteiger partial charge in [0, 0.05) is 31.7 Å². The molecule has 1 aliphatic rings. The van der Waals surface area contributed by atoms with Gasteiger partial charge in [-0.05, 0) is 41.9 Å². The Bertz CT molecular complexity index is 1060. The van der Waals surface area contributed by atoms with Crippen LogP contribution in [0.5, 0.6) is 0 Å². The average Bonchev–Trinajstić information content (AvgIpc) is 3.36. The van der Waals surface area contributed by atoms with Crippen LogP contribution in [0.25, 0.3) is 22.6 Å². The number of oxazole rings is 1. The Morgan fingerprint density at radius 3 is 2.48 bits per heavy atom. The first-order valence-electron chi connectivity index (χ1n) is 9.02. The smallest absolute Gasteiger partial charge is 0.298 e. The van der Waals surface area contributed by atoms with E-state index in [1.54, 1.807) is 0 Å². The number of hydrogen-bond acceptors (Lipinski definition) is 7. The minimum atomic E-state index is 0.544. The van der Waals surface area contributed by atoms with Gasteiger partial charge in [0.15, 0.2) is 5.58 Å². The predicted molar refractivity (Wildman–Crippen MR) is 103 cm³/mol. The zero-order chi connectivity index (χ0) is 18.2. The van der Waals surface area contributed by atoms with Crippen LogP contribution in [0, 0.1) is 6.92 Å². The zero-order valence-electron chi connectivity index (χ0n) is 15.0. The number of rotatable bonds is 3. The maximum Gasteiger partial charge on any atom is 0.298 e. The van der Waals surface area contributed by atoms with E-state index in [1.807, 2.05) is 48.5 Å². The Morgan fingerprint density at radius 1 is 0.889 bits per heavy atom. The molecule has 1 saturated heterocycles. The largest absolute Gasteiger partial charge is 0.423 e. The maximum atomic E-state index is 5.91. The number of nitrogens with zero attached hydrogens (tertiary/aromatic N) is 5. The van der Waals surface area contributed by atoms with Gasteiger partial charge in [-0.15, -0.1) is 0 Å². The maximum absolute atomic E-state index is 5.91. The summed E-state index contributed by atoms with van der Waals surface area (Å²) in [5.74, 6) is 1.17. The first-order chi connectivity index (χ1) is 13.3. The highest BCUT2D eigenvalue weighted by Crippen LogP contribution is 2.25. The van der Waals surface area contributed by atoms with Crippen LogP contribution in [0.2, 0.25) is 0 Å². The molecule has 136 valence electrons. The lowest BCUT2D eigenvalue weighted by atomic mass is 10.2. The summed E-state index contributed by atoms with van der Waals surface area (Å²) in [4.78, 5) is 13.4. The normalized spacial score (nSPS) is 14.9. The van der Waals surface area contributed by atoms with Crippen LogP contribution in [-0.2, 0) is 0 Å². The standard InChI is InChI=1S/C20H19N5O2/c1-14-7-8-17-16(13-14)21-20(26-17)25-11-9-24(10-12-25)19-22-18(27-23-19)15-5-3-2-4-6-15/h2-8,13H,9-12H2,1H3. The summed E-state index contributed by atoms with van der Waals surface area (Å²) in [6.07, 6.45) is 0. The summed E-state index contributed by atoms with van der Waals surface area (Å²) in [5.41, 5.74) is 3.83. The molecule has 0 N–H and O–H groups in total. The fourth-order valence-electron chi connectivity index (χ4n) is 3.30. The van der Waals surface area contributed by atoms with Crippen molar-refractivity contribution < 1.29 is 8.94 Å². The Kier molecular flexibility index (Phi) is 3.78. The van der Waals surface area contributed by atoms with Gasteiger partial charge >= 0.3 is 0 Å². The van der Waals surface area contributed by atoms with Crippen molar-refractivity contribution in [3.63, 3.8) is 0 Å². The zero-order valence-corrected chi connectivity index (χ0v) is 15.0. The van der Waals surface area contributed by atoms with Gasteiger partial charge in [0.1, 0.15) is 5.52 Å². The molecule has 0 radical (unpaired) electrons. The van der Waals surface area contributed by atoms with Gasteiger partial charge in [-0.1, -0.05) is 24.3 Å². The van der Waals surface area contributed by atoms with Crippen LogP contribution in [-0.4, -0.2) is 41.3 Å². The van der Waals surface area contributed by atoms with Crippen LogP contribution in [0.4, 0.5) is 12.0 Å². The fourth-order valence-corrected chi connectivity index (χ4v) is 3.30. The van der Waals surface area contributed by atoms with Crippen LogP contribution in [0.1, 0.15) is 5.56 Å². The van der Waals surface area contributed by atoms with Crippen molar-refractivity contribution in [2.45, 2.75) is 6.92 Å². The molecule has 2 aromatic carbocycles. The number of anilines is 2. The van der Waals surface area contributed by atoms with E-state index in [0.717, 1.165) is 42.8 Å².